The Bertz CT molecular complexity index is 604. The van der Waals surface area contributed by atoms with Crippen molar-refractivity contribution in [2.75, 3.05) is 39.8 Å². The first-order valence-electron chi connectivity index (χ1n) is 8.33. The van der Waals surface area contributed by atoms with E-state index >= 15 is 0 Å². The number of urea groups is 2. The number of hydrogen-bond acceptors (Lipinski definition) is 3. The molecule has 0 radical (unpaired) electrons. The highest BCUT2D eigenvalue weighted by Gasteiger charge is 2.41. The van der Waals surface area contributed by atoms with Gasteiger partial charge in [-0.2, -0.15) is 0 Å². The SMILES string of the molecule is CCNC(=O)N1CCN2C(=O)N(Cc3ccc(OC)cc3)C[C@H]2C1. The molecule has 1 N–H and O–H groups in total. The third-order valence-electron chi connectivity index (χ3n) is 4.58. The van der Waals surface area contributed by atoms with Gasteiger partial charge in [0, 0.05) is 39.3 Å². The van der Waals surface area contributed by atoms with Crippen molar-refractivity contribution in [1.82, 2.24) is 20.0 Å². The topological polar surface area (TPSA) is 65.1 Å². The molecule has 1 atom stereocenters. The number of carbonyl (C=O) groups is 2. The molecule has 4 amide bonds. The summed E-state index contributed by atoms with van der Waals surface area (Å²) in [4.78, 5) is 30.1. The van der Waals surface area contributed by atoms with Crippen LogP contribution in [0, 0.1) is 0 Å². The lowest BCUT2D eigenvalue weighted by atomic mass is 10.2. The van der Waals surface area contributed by atoms with Crippen LogP contribution in [0.1, 0.15) is 12.5 Å². The fourth-order valence-electron chi connectivity index (χ4n) is 3.31. The molecule has 0 aliphatic carbocycles. The predicted octanol–water partition coefficient (Wildman–Crippen LogP) is 1.35. The number of benzene rings is 1. The van der Waals surface area contributed by atoms with E-state index in [0.29, 0.717) is 39.3 Å². The summed E-state index contributed by atoms with van der Waals surface area (Å²) >= 11 is 0. The predicted molar refractivity (Wildman–Crippen MR) is 89.9 cm³/mol. The fraction of sp³-hybridized carbons (Fsp3) is 0.529. The van der Waals surface area contributed by atoms with Gasteiger partial charge in [0.25, 0.3) is 0 Å². The van der Waals surface area contributed by atoms with Gasteiger partial charge < -0.3 is 24.8 Å². The lowest BCUT2D eigenvalue weighted by molar-refractivity contribution is 0.129. The van der Waals surface area contributed by atoms with Crippen LogP contribution in [-0.2, 0) is 6.54 Å². The van der Waals surface area contributed by atoms with Crippen molar-refractivity contribution in [2.24, 2.45) is 0 Å². The van der Waals surface area contributed by atoms with Crippen molar-refractivity contribution in [3.05, 3.63) is 29.8 Å². The first-order chi connectivity index (χ1) is 11.6. The van der Waals surface area contributed by atoms with Gasteiger partial charge in [-0.25, -0.2) is 9.59 Å². The molecule has 2 aliphatic heterocycles. The minimum absolute atomic E-state index is 0.0433. The number of fused-ring (bicyclic) bond motifs is 1. The molecule has 1 aromatic rings. The van der Waals surface area contributed by atoms with E-state index in [2.05, 4.69) is 5.32 Å². The first-order valence-corrected chi connectivity index (χ1v) is 8.33. The minimum atomic E-state index is -0.0433. The highest BCUT2D eigenvalue weighted by atomic mass is 16.5. The third-order valence-corrected chi connectivity index (χ3v) is 4.58. The maximum Gasteiger partial charge on any atom is 0.320 e. The maximum absolute atomic E-state index is 12.6. The van der Waals surface area contributed by atoms with Crippen LogP contribution >= 0.6 is 0 Å². The van der Waals surface area contributed by atoms with Gasteiger partial charge in [0.15, 0.2) is 0 Å². The molecular weight excluding hydrogens is 308 g/mol. The zero-order valence-electron chi connectivity index (χ0n) is 14.2. The quantitative estimate of drug-likeness (QED) is 0.905. The van der Waals surface area contributed by atoms with Gasteiger partial charge in [0.05, 0.1) is 13.2 Å². The largest absolute Gasteiger partial charge is 0.497 e. The van der Waals surface area contributed by atoms with Crippen molar-refractivity contribution in [1.29, 1.82) is 0 Å². The molecule has 0 bridgehead atoms. The molecule has 2 aliphatic rings. The Balaban J connectivity index is 1.62. The molecule has 7 nitrogen and oxygen atoms in total. The monoisotopic (exact) mass is 332 g/mol. The summed E-state index contributed by atoms with van der Waals surface area (Å²) in [6.07, 6.45) is 0. The molecule has 2 heterocycles. The van der Waals surface area contributed by atoms with Crippen LogP contribution in [-0.4, -0.2) is 72.6 Å². The number of piperazine rings is 1. The molecule has 2 saturated heterocycles. The lowest BCUT2D eigenvalue weighted by Gasteiger charge is -2.36. The van der Waals surface area contributed by atoms with Gasteiger partial charge in [-0.15, -0.1) is 0 Å². The van der Waals surface area contributed by atoms with Crippen molar-refractivity contribution < 1.29 is 14.3 Å². The van der Waals surface area contributed by atoms with E-state index in [0.717, 1.165) is 11.3 Å². The average Bonchev–Trinajstić information content (AvgIpc) is 2.91. The van der Waals surface area contributed by atoms with Gasteiger partial charge in [-0.1, -0.05) is 12.1 Å². The van der Waals surface area contributed by atoms with E-state index in [1.165, 1.54) is 0 Å². The van der Waals surface area contributed by atoms with Crippen LogP contribution in [0.3, 0.4) is 0 Å². The molecule has 0 unspecified atom stereocenters. The molecule has 2 fully saturated rings. The summed E-state index contributed by atoms with van der Waals surface area (Å²) in [5.74, 6) is 0.807. The third kappa shape index (κ3) is 3.25. The van der Waals surface area contributed by atoms with Gasteiger partial charge in [0.2, 0.25) is 0 Å². The Kier molecular flexibility index (Phi) is 4.78. The summed E-state index contributed by atoms with van der Waals surface area (Å²) in [6.45, 7) is 5.54. The lowest BCUT2D eigenvalue weighted by Crippen LogP contribution is -2.55. The maximum atomic E-state index is 12.6. The number of hydrogen-bond donors (Lipinski definition) is 1. The van der Waals surface area contributed by atoms with Crippen LogP contribution < -0.4 is 10.1 Å². The summed E-state index contributed by atoms with van der Waals surface area (Å²) in [5.41, 5.74) is 1.07. The number of methoxy groups -OCH3 is 1. The second-order valence-electron chi connectivity index (χ2n) is 6.14. The van der Waals surface area contributed by atoms with Gasteiger partial charge >= 0.3 is 12.1 Å². The first kappa shape index (κ1) is 16.4. The fourth-order valence-corrected chi connectivity index (χ4v) is 3.31. The number of nitrogens with zero attached hydrogens (tertiary/aromatic N) is 3. The van der Waals surface area contributed by atoms with Crippen LogP contribution in [0.25, 0.3) is 0 Å². The Hall–Kier alpha value is -2.44. The van der Waals surface area contributed by atoms with E-state index in [-0.39, 0.29) is 18.1 Å². The van der Waals surface area contributed by atoms with Crippen LogP contribution in [0.2, 0.25) is 0 Å². The Labute approximate surface area is 142 Å². The molecular formula is C17H24N4O3. The van der Waals surface area contributed by atoms with Crippen molar-refractivity contribution in [2.45, 2.75) is 19.5 Å². The highest BCUT2D eigenvalue weighted by molar-refractivity contribution is 5.79. The summed E-state index contributed by atoms with van der Waals surface area (Å²) < 4.78 is 5.16. The summed E-state index contributed by atoms with van der Waals surface area (Å²) in [5, 5.41) is 2.83. The number of amides is 4. The Morgan fingerprint density at radius 2 is 2.00 bits per heavy atom. The zero-order valence-corrected chi connectivity index (χ0v) is 14.2. The van der Waals surface area contributed by atoms with Gasteiger partial charge in [0.1, 0.15) is 5.75 Å². The molecule has 0 spiro atoms. The summed E-state index contributed by atoms with van der Waals surface area (Å²) in [7, 11) is 1.64. The van der Waals surface area contributed by atoms with Crippen LogP contribution in [0.15, 0.2) is 24.3 Å². The number of nitrogens with one attached hydrogen (secondary N) is 1. The molecule has 1 aromatic carbocycles. The van der Waals surface area contributed by atoms with Crippen molar-refractivity contribution in [3.63, 3.8) is 0 Å². The standard InChI is InChI=1S/C17H24N4O3/c1-3-18-16(22)19-8-9-21-14(11-19)12-20(17(21)23)10-13-4-6-15(24-2)7-5-13/h4-7,14H,3,8-12H2,1-2H3,(H,18,22)/t14-/m1/s1. The number of carbonyl (C=O) groups excluding carboxylic acids is 2. The molecule has 130 valence electrons. The average molecular weight is 332 g/mol. The van der Waals surface area contributed by atoms with E-state index in [9.17, 15) is 9.59 Å². The number of ether oxygens (including phenoxy) is 1. The van der Waals surface area contributed by atoms with E-state index < -0.39 is 0 Å². The van der Waals surface area contributed by atoms with E-state index in [1.807, 2.05) is 41.0 Å². The molecule has 7 heteroatoms. The Morgan fingerprint density at radius 1 is 1.25 bits per heavy atom. The molecule has 24 heavy (non-hydrogen) atoms. The van der Waals surface area contributed by atoms with Crippen LogP contribution in [0.4, 0.5) is 9.59 Å². The molecule has 0 saturated carbocycles. The normalized spacial score (nSPS) is 20.2. The van der Waals surface area contributed by atoms with E-state index in [1.54, 1.807) is 12.0 Å². The molecule has 3 rings (SSSR count). The van der Waals surface area contributed by atoms with Crippen molar-refractivity contribution in [3.8, 4) is 5.75 Å². The van der Waals surface area contributed by atoms with Crippen molar-refractivity contribution >= 4 is 12.1 Å². The minimum Gasteiger partial charge on any atom is -0.497 e. The zero-order chi connectivity index (χ0) is 17.1. The highest BCUT2D eigenvalue weighted by Crippen LogP contribution is 2.23. The summed E-state index contributed by atoms with van der Waals surface area (Å²) in [6, 6.07) is 7.85. The van der Waals surface area contributed by atoms with Crippen LogP contribution in [0.5, 0.6) is 5.75 Å². The number of rotatable bonds is 4. The Morgan fingerprint density at radius 3 is 2.67 bits per heavy atom. The molecule has 0 aromatic heterocycles. The second-order valence-corrected chi connectivity index (χ2v) is 6.14. The van der Waals surface area contributed by atoms with Gasteiger partial charge in [-0.05, 0) is 24.6 Å². The van der Waals surface area contributed by atoms with E-state index in [4.69, 9.17) is 4.74 Å². The smallest absolute Gasteiger partial charge is 0.320 e. The van der Waals surface area contributed by atoms with Gasteiger partial charge in [-0.3, -0.25) is 0 Å². The second kappa shape index (κ2) is 6.98.